The number of halogens is 3. The van der Waals surface area contributed by atoms with E-state index in [0.29, 0.717) is 22.8 Å². The molecule has 0 atom stereocenters. The summed E-state index contributed by atoms with van der Waals surface area (Å²) in [5, 5.41) is 9.18. The summed E-state index contributed by atoms with van der Waals surface area (Å²) < 4.78 is 45.6. The van der Waals surface area contributed by atoms with E-state index in [4.69, 9.17) is 4.74 Å². The molecule has 6 nitrogen and oxygen atoms in total. The monoisotopic (exact) mass is 481 g/mol. The third kappa shape index (κ3) is 5.34. The highest BCUT2D eigenvalue weighted by atomic mass is 19.4. The number of hydrogen-bond donors (Lipinski definition) is 2. The summed E-state index contributed by atoms with van der Waals surface area (Å²) >= 11 is 0. The second-order valence-corrected chi connectivity index (χ2v) is 8.62. The standard InChI is InChI=1S/C26H22F3N3O3/c1-25(2,24(33)34)15-35-18-10-7-16(8-11-18)21-12-9-17(13-30-21)23-31-14-22(32-23)19-5-3-4-6-20(19)26(27,28)29/h3-14H,15H2,1-2H3,(H,31,32)(H,33,34). The number of ether oxygens (including phenoxy) is 1. The van der Waals surface area contributed by atoms with E-state index in [1.807, 2.05) is 12.1 Å². The number of aliphatic carboxylic acids is 1. The van der Waals surface area contributed by atoms with Crippen molar-refractivity contribution in [3.8, 4) is 39.7 Å². The van der Waals surface area contributed by atoms with E-state index in [0.717, 1.165) is 11.6 Å². The van der Waals surface area contributed by atoms with Crippen LogP contribution in [-0.4, -0.2) is 32.6 Å². The molecule has 0 amide bonds. The van der Waals surface area contributed by atoms with E-state index in [1.54, 1.807) is 50.4 Å². The zero-order chi connectivity index (χ0) is 25.2. The number of benzene rings is 2. The summed E-state index contributed by atoms with van der Waals surface area (Å²) in [5.74, 6) is 0.00872. The number of nitrogens with zero attached hydrogens (tertiary/aromatic N) is 2. The van der Waals surface area contributed by atoms with Gasteiger partial charge in [0, 0.05) is 22.9 Å². The fourth-order valence-electron chi connectivity index (χ4n) is 3.32. The second kappa shape index (κ2) is 9.25. The average molecular weight is 481 g/mol. The number of aromatic nitrogens is 3. The first-order chi connectivity index (χ1) is 16.5. The Labute approximate surface area is 199 Å². The zero-order valence-electron chi connectivity index (χ0n) is 18.9. The summed E-state index contributed by atoms with van der Waals surface area (Å²) in [6.07, 6.45) is -1.51. The van der Waals surface area contributed by atoms with Crippen molar-refractivity contribution in [2.45, 2.75) is 20.0 Å². The Morgan fingerprint density at radius 3 is 2.26 bits per heavy atom. The van der Waals surface area contributed by atoms with Gasteiger partial charge in [-0.1, -0.05) is 18.2 Å². The van der Waals surface area contributed by atoms with E-state index in [-0.39, 0.29) is 17.9 Å². The van der Waals surface area contributed by atoms with Gasteiger partial charge in [0.15, 0.2) is 0 Å². The number of carboxylic acids is 1. The lowest BCUT2D eigenvalue weighted by Crippen LogP contribution is -2.30. The molecule has 0 aliphatic rings. The summed E-state index contributed by atoms with van der Waals surface area (Å²) in [7, 11) is 0. The number of H-pyrrole nitrogens is 1. The van der Waals surface area contributed by atoms with Gasteiger partial charge in [-0.25, -0.2) is 4.98 Å². The minimum absolute atomic E-state index is 0.0254. The van der Waals surface area contributed by atoms with Gasteiger partial charge in [0.05, 0.1) is 28.6 Å². The van der Waals surface area contributed by atoms with Crippen molar-refractivity contribution in [1.82, 2.24) is 15.0 Å². The molecule has 2 aromatic carbocycles. The maximum Gasteiger partial charge on any atom is 0.417 e. The number of alkyl halides is 3. The molecule has 2 N–H and O–H groups in total. The van der Waals surface area contributed by atoms with Crippen molar-refractivity contribution in [2.24, 2.45) is 5.41 Å². The van der Waals surface area contributed by atoms with Crippen molar-refractivity contribution < 1.29 is 27.8 Å². The maximum absolute atomic E-state index is 13.3. The van der Waals surface area contributed by atoms with Crippen LogP contribution in [0.4, 0.5) is 13.2 Å². The van der Waals surface area contributed by atoms with Crippen molar-refractivity contribution >= 4 is 5.97 Å². The molecule has 4 aromatic rings. The average Bonchev–Trinajstić information content (AvgIpc) is 3.33. The largest absolute Gasteiger partial charge is 0.492 e. The van der Waals surface area contributed by atoms with E-state index in [1.165, 1.54) is 18.3 Å². The van der Waals surface area contributed by atoms with Gasteiger partial charge in [0.25, 0.3) is 0 Å². The predicted molar refractivity (Wildman–Crippen MR) is 125 cm³/mol. The van der Waals surface area contributed by atoms with Crippen LogP contribution in [0.5, 0.6) is 5.75 Å². The number of aromatic amines is 1. The normalized spacial score (nSPS) is 11.9. The molecule has 4 rings (SSSR count). The molecule has 0 radical (unpaired) electrons. The van der Waals surface area contributed by atoms with E-state index >= 15 is 0 Å². The van der Waals surface area contributed by atoms with Crippen LogP contribution in [-0.2, 0) is 11.0 Å². The summed E-state index contributed by atoms with van der Waals surface area (Å²) in [6.45, 7) is 3.21. The van der Waals surface area contributed by atoms with Crippen molar-refractivity contribution in [2.75, 3.05) is 6.61 Å². The summed E-state index contributed by atoms with van der Waals surface area (Å²) in [4.78, 5) is 22.8. The predicted octanol–water partition coefficient (Wildman–Crippen LogP) is 6.31. The second-order valence-electron chi connectivity index (χ2n) is 8.62. The number of nitrogens with one attached hydrogen (secondary N) is 1. The molecule has 0 bridgehead atoms. The molecular weight excluding hydrogens is 459 g/mol. The van der Waals surface area contributed by atoms with Gasteiger partial charge in [-0.15, -0.1) is 0 Å². The highest BCUT2D eigenvalue weighted by molar-refractivity contribution is 5.73. The fraction of sp³-hybridized carbons (Fsp3) is 0.192. The maximum atomic E-state index is 13.3. The number of rotatable bonds is 7. The smallest absolute Gasteiger partial charge is 0.417 e. The molecule has 9 heteroatoms. The Hall–Kier alpha value is -4.14. The lowest BCUT2D eigenvalue weighted by atomic mass is 9.95. The van der Waals surface area contributed by atoms with Crippen LogP contribution >= 0.6 is 0 Å². The zero-order valence-corrected chi connectivity index (χ0v) is 18.9. The van der Waals surface area contributed by atoms with Crippen molar-refractivity contribution in [3.63, 3.8) is 0 Å². The van der Waals surface area contributed by atoms with Crippen LogP contribution in [0.3, 0.4) is 0 Å². The van der Waals surface area contributed by atoms with Crippen LogP contribution in [0.1, 0.15) is 19.4 Å². The lowest BCUT2D eigenvalue weighted by molar-refractivity contribution is -0.148. The Morgan fingerprint density at radius 2 is 1.63 bits per heavy atom. The van der Waals surface area contributed by atoms with Gasteiger partial charge in [0.1, 0.15) is 18.2 Å². The van der Waals surface area contributed by atoms with Crippen LogP contribution < -0.4 is 4.74 Å². The van der Waals surface area contributed by atoms with E-state index in [2.05, 4.69) is 15.0 Å². The molecule has 0 saturated carbocycles. The van der Waals surface area contributed by atoms with Crippen LogP contribution in [0.25, 0.3) is 33.9 Å². The molecule has 180 valence electrons. The molecule has 2 aromatic heterocycles. The Morgan fingerprint density at radius 1 is 0.943 bits per heavy atom. The lowest BCUT2D eigenvalue weighted by Gasteiger charge is -2.19. The summed E-state index contributed by atoms with van der Waals surface area (Å²) in [6, 6.07) is 16.0. The Kier molecular flexibility index (Phi) is 6.34. The third-order valence-corrected chi connectivity index (χ3v) is 5.46. The molecular formula is C26H22F3N3O3. The van der Waals surface area contributed by atoms with Crippen LogP contribution in [0.2, 0.25) is 0 Å². The molecule has 0 aliphatic heterocycles. The number of hydrogen-bond acceptors (Lipinski definition) is 4. The quantitative estimate of drug-likeness (QED) is 0.323. The third-order valence-electron chi connectivity index (χ3n) is 5.46. The first kappa shape index (κ1) is 24.0. The van der Waals surface area contributed by atoms with Gasteiger partial charge < -0.3 is 14.8 Å². The van der Waals surface area contributed by atoms with Crippen molar-refractivity contribution in [1.29, 1.82) is 0 Å². The molecule has 0 spiro atoms. The Balaban J connectivity index is 1.49. The number of carboxylic acid groups (broad SMARTS) is 1. The molecule has 0 fully saturated rings. The van der Waals surface area contributed by atoms with Gasteiger partial charge >= 0.3 is 12.1 Å². The summed E-state index contributed by atoms with van der Waals surface area (Å²) in [5.41, 5.74) is 0.677. The highest BCUT2D eigenvalue weighted by Crippen LogP contribution is 2.36. The molecule has 0 saturated heterocycles. The fourth-order valence-corrected chi connectivity index (χ4v) is 3.32. The van der Waals surface area contributed by atoms with Crippen LogP contribution in [0, 0.1) is 5.41 Å². The van der Waals surface area contributed by atoms with Gasteiger partial charge in [-0.3, -0.25) is 9.78 Å². The molecule has 2 heterocycles. The van der Waals surface area contributed by atoms with E-state index in [9.17, 15) is 23.1 Å². The van der Waals surface area contributed by atoms with Gasteiger partial charge in [0.2, 0.25) is 0 Å². The number of pyridine rings is 1. The molecule has 0 aliphatic carbocycles. The Bertz CT molecular complexity index is 1330. The highest BCUT2D eigenvalue weighted by Gasteiger charge is 2.33. The minimum atomic E-state index is -4.47. The minimum Gasteiger partial charge on any atom is -0.492 e. The first-order valence-corrected chi connectivity index (χ1v) is 10.7. The van der Waals surface area contributed by atoms with Crippen LogP contribution in [0.15, 0.2) is 73.1 Å². The molecule has 0 unspecified atom stereocenters. The van der Waals surface area contributed by atoms with Gasteiger partial charge in [-0.05, 0) is 56.3 Å². The van der Waals surface area contributed by atoms with E-state index < -0.39 is 23.1 Å². The number of imidazole rings is 1. The number of carbonyl (C=O) groups is 1. The topological polar surface area (TPSA) is 88.1 Å². The molecule has 35 heavy (non-hydrogen) atoms. The van der Waals surface area contributed by atoms with Gasteiger partial charge in [-0.2, -0.15) is 13.2 Å². The first-order valence-electron chi connectivity index (χ1n) is 10.7. The van der Waals surface area contributed by atoms with Crippen molar-refractivity contribution in [3.05, 3.63) is 78.6 Å². The SMILES string of the molecule is CC(C)(COc1ccc(-c2ccc(-c3ncc(-c4ccccc4C(F)(F)F)[nH]3)cn2)cc1)C(=O)O.